The smallest absolute Gasteiger partial charge is 0.222 e. The molecule has 0 saturated carbocycles. The van der Waals surface area contributed by atoms with Crippen LogP contribution in [0.5, 0.6) is 0 Å². The number of aromatic nitrogens is 2. The summed E-state index contributed by atoms with van der Waals surface area (Å²) in [5, 5.41) is 3.39. The number of H-pyrrole nitrogens is 1. The number of benzene rings is 1. The number of nitrogens with one attached hydrogen (secondary N) is 2. The standard InChI is InChI=1S/C20H28N4O/c25-19(6-5-15-7-11-21-12-8-15)24-13-9-16(10-14-24)20-22-17-3-1-2-4-18(17)23-20/h1-4,15-16,21H,5-14H2,(H,22,23). The first-order valence-electron chi connectivity index (χ1n) is 9.73. The Morgan fingerprint density at radius 1 is 1.12 bits per heavy atom. The molecule has 1 aromatic heterocycles. The van der Waals surface area contributed by atoms with Crippen LogP contribution in [0.25, 0.3) is 11.0 Å². The van der Waals surface area contributed by atoms with Gasteiger partial charge in [-0.05, 0) is 63.2 Å². The summed E-state index contributed by atoms with van der Waals surface area (Å²) in [5.41, 5.74) is 2.15. The minimum absolute atomic E-state index is 0.349. The number of rotatable bonds is 4. The summed E-state index contributed by atoms with van der Waals surface area (Å²) in [5.74, 6) is 2.61. The van der Waals surface area contributed by atoms with E-state index in [0.717, 1.165) is 74.6 Å². The maximum Gasteiger partial charge on any atom is 0.222 e. The monoisotopic (exact) mass is 340 g/mol. The van der Waals surface area contributed by atoms with E-state index in [1.807, 2.05) is 12.1 Å². The van der Waals surface area contributed by atoms with Gasteiger partial charge in [0.2, 0.25) is 5.91 Å². The molecule has 1 amide bonds. The maximum absolute atomic E-state index is 12.5. The highest BCUT2D eigenvalue weighted by atomic mass is 16.2. The van der Waals surface area contributed by atoms with Gasteiger partial charge in [0.05, 0.1) is 11.0 Å². The molecule has 0 aliphatic carbocycles. The van der Waals surface area contributed by atoms with E-state index >= 15 is 0 Å². The maximum atomic E-state index is 12.5. The number of para-hydroxylation sites is 2. The number of carbonyl (C=O) groups excluding carboxylic acids is 1. The van der Waals surface area contributed by atoms with Gasteiger partial charge in [-0.1, -0.05) is 12.1 Å². The van der Waals surface area contributed by atoms with Gasteiger partial charge in [0.1, 0.15) is 5.82 Å². The zero-order chi connectivity index (χ0) is 17.1. The number of imidazole rings is 1. The van der Waals surface area contributed by atoms with E-state index in [0.29, 0.717) is 11.8 Å². The number of nitrogens with zero attached hydrogens (tertiary/aromatic N) is 2. The molecular weight excluding hydrogens is 312 g/mol. The molecule has 5 heteroatoms. The van der Waals surface area contributed by atoms with Gasteiger partial charge in [-0.3, -0.25) is 4.79 Å². The first kappa shape index (κ1) is 16.6. The number of hydrogen-bond acceptors (Lipinski definition) is 3. The molecule has 2 aromatic rings. The lowest BCUT2D eigenvalue weighted by Crippen LogP contribution is -2.38. The van der Waals surface area contributed by atoms with Crippen LogP contribution < -0.4 is 5.32 Å². The third kappa shape index (κ3) is 3.87. The summed E-state index contributed by atoms with van der Waals surface area (Å²) in [6, 6.07) is 8.19. The minimum Gasteiger partial charge on any atom is -0.343 e. The van der Waals surface area contributed by atoms with E-state index < -0.39 is 0 Å². The van der Waals surface area contributed by atoms with Crippen molar-refractivity contribution in [3.63, 3.8) is 0 Å². The highest BCUT2D eigenvalue weighted by molar-refractivity contribution is 5.76. The van der Waals surface area contributed by atoms with Crippen molar-refractivity contribution < 1.29 is 4.79 Å². The van der Waals surface area contributed by atoms with Crippen molar-refractivity contribution in [1.82, 2.24) is 20.2 Å². The Kier molecular flexibility index (Phi) is 5.02. The van der Waals surface area contributed by atoms with E-state index in [1.165, 1.54) is 12.8 Å². The van der Waals surface area contributed by atoms with Crippen molar-refractivity contribution >= 4 is 16.9 Å². The summed E-state index contributed by atoms with van der Waals surface area (Å²) < 4.78 is 0. The average molecular weight is 340 g/mol. The summed E-state index contributed by atoms with van der Waals surface area (Å²) in [6.45, 7) is 3.96. The fraction of sp³-hybridized carbons (Fsp3) is 0.600. The Morgan fingerprint density at radius 2 is 1.88 bits per heavy atom. The fourth-order valence-corrected chi connectivity index (χ4v) is 4.22. The SMILES string of the molecule is O=C(CCC1CCNCC1)N1CCC(c2nc3ccccc3[nH]2)CC1. The van der Waals surface area contributed by atoms with Crippen molar-refractivity contribution in [1.29, 1.82) is 0 Å². The Bertz CT molecular complexity index is 678. The molecule has 2 aliphatic heterocycles. The van der Waals surface area contributed by atoms with Crippen LogP contribution in [0.1, 0.15) is 50.3 Å². The second-order valence-corrected chi connectivity index (χ2v) is 7.53. The second-order valence-electron chi connectivity index (χ2n) is 7.53. The minimum atomic E-state index is 0.349. The van der Waals surface area contributed by atoms with Crippen molar-refractivity contribution in [3.8, 4) is 0 Å². The van der Waals surface area contributed by atoms with Crippen LogP contribution >= 0.6 is 0 Å². The van der Waals surface area contributed by atoms with Crippen molar-refractivity contribution in [2.45, 2.75) is 44.4 Å². The molecule has 25 heavy (non-hydrogen) atoms. The first-order valence-corrected chi connectivity index (χ1v) is 9.73. The molecule has 3 heterocycles. The van der Waals surface area contributed by atoms with Gasteiger partial charge in [-0.25, -0.2) is 4.98 Å². The molecule has 2 aliphatic rings. The zero-order valence-electron chi connectivity index (χ0n) is 14.8. The molecule has 0 radical (unpaired) electrons. The normalized spacial score (nSPS) is 20.2. The van der Waals surface area contributed by atoms with E-state index in [9.17, 15) is 4.79 Å². The molecule has 0 atom stereocenters. The number of piperidine rings is 2. The van der Waals surface area contributed by atoms with E-state index in [4.69, 9.17) is 4.98 Å². The van der Waals surface area contributed by atoms with Crippen LogP contribution in [0.4, 0.5) is 0 Å². The van der Waals surface area contributed by atoms with Crippen LogP contribution in [0, 0.1) is 5.92 Å². The quantitative estimate of drug-likeness (QED) is 0.899. The van der Waals surface area contributed by atoms with Crippen LogP contribution in [0.15, 0.2) is 24.3 Å². The van der Waals surface area contributed by atoms with E-state index in [1.54, 1.807) is 0 Å². The Morgan fingerprint density at radius 3 is 2.64 bits per heavy atom. The molecule has 5 nitrogen and oxygen atoms in total. The van der Waals surface area contributed by atoms with Gasteiger partial charge >= 0.3 is 0 Å². The van der Waals surface area contributed by atoms with Crippen LogP contribution in [0.3, 0.4) is 0 Å². The Balaban J connectivity index is 1.28. The van der Waals surface area contributed by atoms with E-state index in [2.05, 4.69) is 27.3 Å². The lowest BCUT2D eigenvalue weighted by Gasteiger charge is -2.32. The van der Waals surface area contributed by atoms with Gasteiger partial charge in [0.15, 0.2) is 0 Å². The number of hydrogen-bond donors (Lipinski definition) is 2. The molecular formula is C20H28N4O. The number of likely N-dealkylation sites (tertiary alicyclic amines) is 1. The second kappa shape index (κ2) is 7.56. The zero-order valence-corrected chi connectivity index (χ0v) is 14.8. The largest absolute Gasteiger partial charge is 0.343 e. The molecule has 0 bridgehead atoms. The van der Waals surface area contributed by atoms with E-state index in [-0.39, 0.29) is 0 Å². The van der Waals surface area contributed by atoms with Crippen molar-refractivity contribution in [2.75, 3.05) is 26.2 Å². The third-order valence-corrected chi connectivity index (χ3v) is 5.87. The summed E-state index contributed by atoms with van der Waals surface area (Å²) in [4.78, 5) is 22.8. The Labute approximate surface area is 149 Å². The molecule has 2 saturated heterocycles. The highest BCUT2D eigenvalue weighted by Gasteiger charge is 2.26. The molecule has 4 rings (SSSR count). The van der Waals surface area contributed by atoms with Gasteiger partial charge in [0.25, 0.3) is 0 Å². The average Bonchev–Trinajstić information content (AvgIpc) is 3.11. The molecule has 134 valence electrons. The fourth-order valence-electron chi connectivity index (χ4n) is 4.22. The van der Waals surface area contributed by atoms with Crippen LogP contribution in [-0.2, 0) is 4.79 Å². The molecule has 1 aromatic carbocycles. The number of carbonyl (C=O) groups is 1. The lowest BCUT2D eigenvalue weighted by molar-refractivity contribution is -0.132. The topological polar surface area (TPSA) is 61.0 Å². The van der Waals surface area contributed by atoms with Crippen LogP contribution in [-0.4, -0.2) is 47.0 Å². The van der Waals surface area contributed by atoms with Gasteiger partial charge in [-0.2, -0.15) is 0 Å². The van der Waals surface area contributed by atoms with Crippen molar-refractivity contribution in [2.24, 2.45) is 5.92 Å². The predicted molar refractivity (Wildman–Crippen MR) is 99.5 cm³/mol. The lowest BCUT2D eigenvalue weighted by atomic mass is 9.92. The number of fused-ring (bicyclic) bond motifs is 1. The molecule has 0 unspecified atom stereocenters. The molecule has 2 fully saturated rings. The summed E-state index contributed by atoms with van der Waals surface area (Å²) in [6.07, 6.45) is 6.25. The molecule has 0 spiro atoms. The summed E-state index contributed by atoms with van der Waals surface area (Å²) >= 11 is 0. The van der Waals surface area contributed by atoms with Gasteiger partial charge < -0.3 is 15.2 Å². The number of amides is 1. The summed E-state index contributed by atoms with van der Waals surface area (Å²) in [7, 11) is 0. The van der Waals surface area contributed by atoms with Gasteiger partial charge in [0, 0.05) is 25.4 Å². The Hall–Kier alpha value is -1.88. The van der Waals surface area contributed by atoms with Crippen molar-refractivity contribution in [3.05, 3.63) is 30.1 Å². The third-order valence-electron chi connectivity index (χ3n) is 5.87. The first-order chi connectivity index (χ1) is 12.3. The molecule has 2 N–H and O–H groups in total. The predicted octanol–water partition coefficient (Wildman–Crippen LogP) is 3.05. The number of aromatic amines is 1. The van der Waals surface area contributed by atoms with Crippen LogP contribution in [0.2, 0.25) is 0 Å². The van der Waals surface area contributed by atoms with Gasteiger partial charge in [-0.15, -0.1) is 0 Å². The highest BCUT2D eigenvalue weighted by Crippen LogP contribution is 2.28.